The number of imide groups is 1. The lowest BCUT2D eigenvalue weighted by Crippen LogP contribution is -2.32. The molecule has 0 radical (unpaired) electrons. The third-order valence-corrected chi connectivity index (χ3v) is 5.89. The van der Waals surface area contributed by atoms with Crippen molar-refractivity contribution in [3.8, 4) is 11.5 Å². The van der Waals surface area contributed by atoms with Crippen molar-refractivity contribution in [3.05, 3.63) is 94.4 Å². The molecule has 0 atom stereocenters. The molecule has 0 unspecified atom stereocenters. The van der Waals surface area contributed by atoms with Crippen molar-refractivity contribution in [2.45, 2.75) is 20.4 Å². The molecule has 0 spiro atoms. The molecule has 1 aliphatic rings. The lowest BCUT2D eigenvalue weighted by molar-refractivity contribution is -0.137. The van der Waals surface area contributed by atoms with Gasteiger partial charge in [-0.15, -0.1) is 0 Å². The molecular formula is C27H25FN2O4. The molecule has 3 aromatic rings. The SMILES string of the molecule is COc1ccc(NC2=C(c3ccc(C)c(C)c3)C(=O)N(Cc3ccc(F)cc3)C2=O)c(OC)c1. The van der Waals surface area contributed by atoms with Crippen molar-refractivity contribution in [1.82, 2.24) is 4.90 Å². The zero-order valence-corrected chi connectivity index (χ0v) is 19.4. The number of aryl methyl sites for hydroxylation is 2. The number of rotatable bonds is 7. The van der Waals surface area contributed by atoms with Crippen LogP contribution in [0.15, 0.2) is 66.4 Å². The van der Waals surface area contributed by atoms with E-state index in [1.165, 1.54) is 19.2 Å². The largest absolute Gasteiger partial charge is 0.497 e. The molecule has 0 aliphatic carbocycles. The Balaban J connectivity index is 1.78. The van der Waals surface area contributed by atoms with Gasteiger partial charge >= 0.3 is 0 Å². The highest BCUT2D eigenvalue weighted by atomic mass is 19.1. The summed E-state index contributed by atoms with van der Waals surface area (Å²) in [6, 6.07) is 16.5. The summed E-state index contributed by atoms with van der Waals surface area (Å²) in [6.45, 7) is 3.96. The van der Waals surface area contributed by atoms with Crippen LogP contribution in [0.5, 0.6) is 11.5 Å². The second-order valence-electron chi connectivity index (χ2n) is 8.06. The summed E-state index contributed by atoms with van der Waals surface area (Å²) >= 11 is 0. The van der Waals surface area contributed by atoms with E-state index in [9.17, 15) is 14.0 Å². The average Bonchev–Trinajstić information content (AvgIpc) is 3.06. The molecule has 0 saturated carbocycles. The van der Waals surface area contributed by atoms with Crippen molar-refractivity contribution in [3.63, 3.8) is 0 Å². The first-order chi connectivity index (χ1) is 16.3. The van der Waals surface area contributed by atoms with Crippen molar-refractivity contribution in [2.24, 2.45) is 0 Å². The van der Waals surface area contributed by atoms with Gasteiger partial charge in [0.05, 0.1) is 32.0 Å². The van der Waals surface area contributed by atoms with Crippen LogP contribution in [0.1, 0.15) is 22.3 Å². The lowest BCUT2D eigenvalue weighted by Gasteiger charge is -2.16. The molecule has 7 heteroatoms. The molecule has 0 aromatic heterocycles. The van der Waals surface area contributed by atoms with Crippen LogP contribution < -0.4 is 14.8 Å². The van der Waals surface area contributed by atoms with Gasteiger partial charge in [-0.25, -0.2) is 4.39 Å². The van der Waals surface area contributed by atoms with E-state index in [2.05, 4.69) is 5.32 Å². The summed E-state index contributed by atoms with van der Waals surface area (Å²) in [6.07, 6.45) is 0. The standard InChI is InChI=1S/C27H25FN2O4/c1-16-5-8-19(13-17(16)2)24-25(29-22-12-11-21(33-3)14-23(22)34-4)27(32)30(26(24)31)15-18-6-9-20(28)10-7-18/h5-14,29H,15H2,1-4H3. The van der Waals surface area contributed by atoms with Gasteiger partial charge < -0.3 is 14.8 Å². The van der Waals surface area contributed by atoms with E-state index >= 15 is 0 Å². The number of nitrogens with one attached hydrogen (secondary N) is 1. The number of hydrogen-bond donors (Lipinski definition) is 1. The van der Waals surface area contributed by atoms with Gasteiger partial charge in [-0.05, 0) is 60.4 Å². The third-order valence-electron chi connectivity index (χ3n) is 5.89. The summed E-state index contributed by atoms with van der Waals surface area (Å²) in [7, 11) is 3.07. The summed E-state index contributed by atoms with van der Waals surface area (Å²) in [4.78, 5) is 28.2. The van der Waals surface area contributed by atoms with Gasteiger partial charge in [-0.2, -0.15) is 0 Å². The predicted octanol–water partition coefficient (Wildman–Crippen LogP) is 4.85. The fourth-order valence-corrected chi connectivity index (χ4v) is 3.81. The van der Waals surface area contributed by atoms with Crippen molar-refractivity contribution >= 4 is 23.1 Å². The van der Waals surface area contributed by atoms with Crippen LogP contribution in [0.4, 0.5) is 10.1 Å². The minimum atomic E-state index is -0.472. The monoisotopic (exact) mass is 460 g/mol. The molecule has 1 N–H and O–H groups in total. The maximum Gasteiger partial charge on any atom is 0.278 e. The highest BCUT2D eigenvalue weighted by molar-refractivity contribution is 6.36. The smallest absolute Gasteiger partial charge is 0.278 e. The molecule has 0 fully saturated rings. The van der Waals surface area contributed by atoms with Gasteiger partial charge in [0.25, 0.3) is 11.8 Å². The highest BCUT2D eigenvalue weighted by Gasteiger charge is 2.39. The Kier molecular flexibility index (Phi) is 6.36. The van der Waals surface area contributed by atoms with Gasteiger partial charge in [-0.1, -0.05) is 30.3 Å². The molecule has 34 heavy (non-hydrogen) atoms. The molecule has 2 amide bonds. The highest BCUT2D eigenvalue weighted by Crippen LogP contribution is 2.36. The number of halogens is 1. The van der Waals surface area contributed by atoms with Gasteiger partial charge in [0.15, 0.2) is 0 Å². The number of benzene rings is 3. The first kappa shape index (κ1) is 23.0. The van der Waals surface area contributed by atoms with Crippen LogP contribution in [-0.2, 0) is 16.1 Å². The maximum absolute atomic E-state index is 13.5. The normalized spacial score (nSPS) is 13.5. The summed E-state index contributed by atoms with van der Waals surface area (Å²) < 4.78 is 24.1. The Bertz CT molecular complexity index is 1300. The summed E-state index contributed by atoms with van der Waals surface area (Å²) in [5.74, 6) is -0.222. The van der Waals surface area contributed by atoms with Crippen LogP contribution in [0.2, 0.25) is 0 Å². The second kappa shape index (κ2) is 9.39. The molecule has 1 aliphatic heterocycles. The molecular weight excluding hydrogens is 435 g/mol. The zero-order valence-electron chi connectivity index (χ0n) is 19.4. The fourth-order valence-electron chi connectivity index (χ4n) is 3.81. The molecule has 4 rings (SSSR count). The van der Waals surface area contributed by atoms with E-state index in [4.69, 9.17) is 9.47 Å². The number of methoxy groups -OCH3 is 2. The van der Waals surface area contributed by atoms with E-state index in [-0.39, 0.29) is 23.6 Å². The molecule has 174 valence electrons. The van der Waals surface area contributed by atoms with Crippen LogP contribution in [-0.4, -0.2) is 30.9 Å². The van der Waals surface area contributed by atoms with Gasteiger partial charge in [-0.3, -0.25) is 14.5 Å². The summed E-state index contributed by atoms with van der Waals surface area (Å²) in [5.41, 5.74) is 4.31. The average molecular weight is 461 g/mol. The van der Waals surface area contributed by atoms with Gasteiger partial charge in [0.1, 0.15) is 23.0 Å². The van der Waals surface area contributed by atoms with Crippen molar-refractivity contribution in [2.75, 3.05) is 19.5 Å². The minimum Gasteiger partial charge on any atom is -0.497 e. The number of ether oxygens (including phenoxy) is 2. The Hall–Kier alpha value is -4.13. The number of carbonyl (C=O) groups excluding carboxylic acids is 2. The molecule has 1 heterocycles. The van der Waals surface area contributed by atoms with Crippen LogP contribution in [0.3, 0.4) is 0 Å². The molecule has 6 nitrogen and oxygen atoms in total. The number of anilines is 1. The minimum absolute atomic E-state index is 0.0250. The van der Waals surface area contributed by atoms with Crippen molar-refractivity contribution < 1.29 is 23.5 Å². The van der Waals surface area contributed by atoms with Crippen molar-refractivity contribution in [1.29, 1.82) is 0 Å². The number of nitrogens with zero attached hydrogens (tertiary/aromatic N) is 1. The van der Waals surface area contributed by atoms with E-state index in [0.717, 1.165) is 16.0 Å². The number of hydrogen-bond acceptors (Lipinski definition) is 5. The van der Waals surface area contributed by atoms with Gasteiger partial charge in [0.2, 0.25) is 0 Å². The van der Waals surface area contributed by atoms with E-state index < -0.39 is 11.8 Å². The molecule has 3 aromatic carbocycles. The van der Waals surface area contributed by atoms with Crippen LogP contribution in [0, 0.1) is 19.7 Å². The predicted molar refractivity (Wildman–Crippen MR) is 128 cm³/mol. The zero-order chi connectivity index (χ0) is 24.4. The quantitative estimate of drug-likeness (QED) is 0.511. The van der Waals surface area contributed by atoms with E-state index in [1.54, 1.807) is 37.4 Å². The number of carbonyl (C=O) groups is 2. The third kappa shape index (κ3) is 4.37. The Labute approximate surface area is 197 Å². The summed E-state index contributed by atoms with van der Waals surface area (Å²) in [5, 5.41) is 3.13. The Morgan fingerprint density at radius 2 is 1.59 bits per heavy atom. The fraction of sp³-hybridized carbons (Fsp3) is 0.185. The van der Waals surface area contributed by atoms with Gasteiger partial charge in [0, 0.05) is 6.07 Å². The van der Waals surface area contributed by atoms with E-state index in [0.29, 0.717) is 28.3 Å². The second-order valence-corrected chi connectivity index (χ2v) is 8.06. The first-order valence-corrected chi connectivity index (χ1v) is 10.7. The number of amides is 2. The Morgan fingerprint density at radius 1 is 0.853 bits per heavy atom. The lowest BCUT2D eigenvalue weighted by atomic mass is 9.99. The van der Waals surface area contributed by atoms with Crippen LogP contribution >= 0.6 is 0 Å². The molecule has 0 saturated heterocycles. The Morgan fingerprint density at radius 3 is 2.24 bits per heavy atom. The molecule has 0 bridgehead atoms. The van der Waals surface area contributed by atoms with E-state index in [1.807, 2.05) is 32.0 Å². The topological polar surface area (TPSA) is 67.9 Å². The maximum atomic E-state index is 13.5. The van der Waals surface area contributed by atoms with Crippen LogP contribution in [0.25, 0.3) is 5.57 Å². The first-order valence-electron chi connectivity index (χ1n) is 10.7.